The van der Waals surface area contributed by atoms with Crippen molar-refractivity contribution in [3.8, 4) is 6.07 Å². The summed E-state index contributed by atoms with van der Waals surface area (Å²) in [6, 6.07) is 18.9. The fourth-order valence-electron chi connectivity index (χ4n) is 2.01. The number of halogens is 1. The number of hydrogen-bond acceptors (Lipinski definition) is 5. The van der Waals surface area contributed by atoms with Crippen LogP contribution in [0.1, 0.15) is 5.56 Å². The van der Waals surface area contributed by atoms with Crippen molar-refractivity contribution >= 4 is 38.9 Å². The lowest BCUT2D eigenvalue weighted by molar-refractivity contribution is 1.17. The van der Waals surface area contributed by atoms with Crippen LogP contribution < -0.4 is 10.6 Å². The fourth-order valence-corrected chi connectivity index (χ4v) is 2.39. The highest BCUT2D eigenvalue weighted by Crippen LogP contribution is 2.25. The summed E-state index contributed by atoms with van der Waals surface area (Å²) in [5.41, 5.74) is 2.31. The predicted octanol–water partition coefficient (Wildman–Crippen LogP) is 4.60. The highest BCUT2D eigenvalue weighted by atomic mass is 79.9. The van der Waals surface area contributed by atoms with Crippen LogP contribution in [-0.2, 0) is 0 Å². The standard InChI is InChI=1S/C17H12BrN5/c18-14-6-1-2-7-15(14)23-17-9-16(20-11-21-17)22-13-5-3-4-12(8-13)10-19/h1-9,11H,(H2,20,21,22,23). The van der Waals surface area contributed by atoms with E-state index in [1.807, 2.05) is 36.4 Å². The van der Waals surface area contributed by atoms with Gasteiger partial charge in [-0.25, -0.2) is 9.97 Å². The summed E-state index contributed by atoms with van der Waals surface area (Å²) in [6.07, 6.45) is 1.48. The summed E-state index contributed by atoms with van der Waals surface area (Å²) >= 11 is 3.49. The van der Waals surface area contributed by atoms with Crippen molar-refractivity contribution in [2.45, 2.75) is 0 Å². The molecule has 0 aliphatic carbocycles. The van der Waals surface area contributed by atoms with E-state index in [9.17, 15) is 0 Å². The van der Waals surface area contributed by atoms with E-state index in [0.29, 0.717) is 17.2 Å². The van der Waals surface area contributed by atoms with Crippen LogP contribution in [0.2, 0.25) is 0 Å². The van der Waals surface area contributed by atoms with E-state index in [4.69, 9.17) is 5.26 Å². The Bertz CT molecular complexity index is 873. The van der Waals surface area contributed by atoms with Gasteiger partial charge in [-0.1, -0.05) is 18.2 Å². The maximum absolute atomic E-state index is 8.94. The van der Waals surface area contributed by atoms with Gasteiger partial charge in [-0.15, -0.1) is 0 Å². The molecule has 0 aliphatic heterocycles. The third-order valence-electron chi connectivity index (χ3n) is 3.07. The van der Waals surface area contributed by atoms with Crippen molar-refractivity contribution in [2.24, 2.45) is 0 Å². The van der Waals surface area contributed by atoms with Crippen LogP contribution in [0.15, 0.2) is 65.4 Å². The van der Waals surface area contributed by atoms with Crippen LogP contribution in [0, 0.1) is 11.3 Å². The topological polar surface area (TPSA) is 73.6 Å². The van der Waals surface area contributed by atoms with Crippen molar-refractivity contribution in [2.75, 3.05) is 10.6 Å². The molecule has 3 aromatic rings. The Balaban J connectivity index is 1.80. The molecule has 0 saturated carbocycles. The minimum atomic E-state index is 0.593. The molecule has 0 unspecified atom stereocenters. The second kappa shape index (κ2) is 6.90. The van der Waals surface area contributed by atoms with Crippen molar-refractivity contribution < 1.29 is 0 Å². The van der Waals surface area contributed by atoms with Crippen LogP contribution in [0.5, 0.6) is 0 Å². The van der Waals surface area contributed by atoms with Gasteiger partial charge in [0.1, 0.15) is 18.0 Å². The number of para-hydroxylation sites is 1. The highest BCUT2D eigenvalue weighted by molar-refractivity contribution is 9.10. The molecular formula is C17H12BrN5. The van der Waals surface area contributed by atoms with Crippen LogP contribution in [0.3, 0.4) is 0 Å². The number of nitrogens with one attached hydrogen (secondary N) is 2. The van der Waals surface area contributed by atoms with Crippen molar-refractivity contribution in [1.29, 1.82) is 5.26 Å². The molecule has 3 rings (SSSR count). The van der Waals surface area contributed by atoms with E-state index in [1.54, 1.807) is 18.2 Å². The largest absolute Gasteiger partial charge is 0.340 e. The number of nitriles is 1. The van der Waals surface area contributed by atoms with E-state index in [1.165, 1.54) is 6.33 Å². The van der Waals surface area contributed by atoms with E-state index < -0.39 is 0 Å². The molecule has 0 fully saturated rings. The molecule has 112 valence electrons. The zero-order valence-electron chi connectivity index (χ0n) is 12.0. The molecule has 0 aliphatic rings. The van der Waals surface area contributed by atoms with Gasteiger partial charge in [-0.05, 0) is 46.3 Å². The number of aromatic nitrogens is 2. The SMILES string of the molecule is N#Cc1cccc(Nc2cc(Nc3ccccc3Br)ncn2)c1. The van der Waals surface area contributed by atoms with E-state index in [2.05, 4.69) is 42.6 Å². The number of benzene rings is 2. The first kappa shape index (κ1) is 15.0. The van der Waals surface area contributed by atoms with Crippen LogP contribution in [0.4, 0.5) is 23.0 Å². The molecule has 0 bridgehead atoms. The number of rotatable bonds is 4. The summed E-state index contributed by atoms with van der Waals surface area (Å²) < 4.78 is 0.954. The smallest absolute Gasteiger partial charge is 0.135 e. The Morgan fingerprint density at radius 2 is 1.70 bits per heavy atom. The van der Waals surface area contributed by atoms with Gasteiger partial charge >= 0.3 is 0 Å². The summed E-state index contributed by atoms with van der Waals surface area (Å²) in [5, 5.41) is 15.3. The predicted molar refractivity (Wildman–Crippen MR) is 93.9 cm³/mol. The summed E-state index contributed by atoms with van der Waals surface area (Å²) in [7, 11) is 0. The molecule has 1 heterocycles. The summed E-state index contributed by atoms with van der Waals surface area (Å²) in [5.74, 6) is 1.32. The van der Waals surface area contributed by atoms with Gasteiger partial charge in [-0.3, -0.25) is 0 Å². The number of hydrogen-bond donors (Lipinski definition) is 2. The molecule has 0 amide bonds. The van der Waals surface area contributed by atoms with Gasteiger partial charge in [0, 0.05) is 16.2 Å². The van der Waals surface area contributed by atoms with Gasteiger partial charge in [-0.2, -0.15) is 5.26 Å². The van der Waals surface area contributed by atoms with E-state index >= 15 is 0 Å². The first-order chi connectivity index (χ1) is 11.2. The normalized spacial score (nSPS) is 9.91. The quantitative estimate of drug-likeness (QED) is 0.706. The summed E-state index contributed by atoms with van der Waals surface area (Å²) in [4.78, 5) is 8.41. The average molecular weight is 366 g/mol. The van der Waals surface area contributed by atoms with Crippen LogP contribution in [0.25, 0.3) is 0 Å². The Labute approximate surface area is 142 Å². The molecule has 6 heteroatoms. The molecule has 2 N–H and O–H groups in total. The van der Waals surface area contributed by atoms with E-state index in [-0.39, 0.29) is 0 Å². The molecule has 0 atom stereocenters. The lowest BCUT2D eigenvalue weighted by Gasteiger charge is -2.10. The molecule has 1 aromatic heterocycles. The van der Waals surface area contributed by atoms with Gasteiger partial charge in [0.25, 0.3) is 0 Å². The third-order valence-corrected chi connectivity index (χ3v) is 3.76. The number of nitrogens with zero attached hydrogens (tertiary/aromatic N) is 3. The minimum absolute atomic E-state index is 0.593. The molecule has 0 spiro atoms. The maximum Gasteiger partial charge on any atom is 0.135 e. The minimum Gasteiger partial charge on any atom is -0.340 e. The number of anilines is 4. The van der Waals surface area contributed by atoms with Crippen molar-refractivity contribution in [3.05, 3.63) is 71.0 Å². The van der Waals surface area contributed by atoms with Gasteiger partial charge < -0.3 is 10.6 Å². The average Bonchev–Trinajstić information content (AvgIpc) is 2.57. The third kappa shape index (κ3) is 3.84. The molecule has 5 nitrogen and oxygen atoms in total. The van der Waals surface area contributed by atoms with Crippen molar-refractivity contribution in [1.82, 2.24) is 9.97 Å². The maximum atomic E-state index is 8.94. The van der Waals surface area contributed by atoms with Crippen LogP contribution >= 0.6 is 15.9 Å². The monoisotopic (exact) mass is 365 g/mol. The van der Waals surface area contributed by atoms with E-state index in [0.717, 1.165) is 15.8 Å². The Kier molecular flexibility index (Phi) is 4.50. The molecule has 23 heavy (non-hydrogen) atoms. The lowest BCUT2D eigenvalue weighted by Crippen LogP contribution is -1.99. The molecule has 2 aromatic carbocycles. The molecule has 0 saturated heterocycles. The Hall–Kier alpha value is -2.91. The zero-order valence-corrected chi connectivity index (χ0v) is 13.6. The lowest BCUT2D eigenvalue weighted by atomic mass is 10.2. The van der Waals surface area contributed by atoms with Gasteiger partial charge in [0.2, 0.25) is 0 Å². The Morgan fingerprint density at radius 1 is 0.913 bits per heavy atom. The Morgan fingerprint density at radius 3 is 2.48 bits per heavy atom. The highest BCUT2D eigenvalue weighted by Gasteiger charge is 2.03. The van der Waals surface area contributed by atoms with Gasteiger partial charge in [0.05, 0.1) is 17.3 Å². The zero-order chi connectivity index (χ0) is 16.1. The first-order valence-electron chi connectivity index (χ1n) is 6.85. The second-order valence-electron chi connectivity index (χ2n) is 4.71. The fraction of sp³-hybridized carbons (Fsp3) is 0. The summed E-state index contributed by atoms with van der Waals surface area (Å²) in [6.45, 7) is 0. The second-order valence-corrected chi connectivity index (χ2v) is 5.57. The molecule has 0 radical (unpaired) electrons. The van der Waals surface area contributed by atoms with Crippen molar-refractivity contribution in [3.63, 3.8) is 0 Å². The van der Waals surface area contributed by atoms with Gasteiger partial charge in [0.15, 0.2) is 0 Å². The first-order valence-corrected chi connectivity index (χ1v) is 7.65. The molecular weight excluding hydrogens is 354 g/mol. The van der Waals surface area contributed by atoms with Crippen LogP contribution in [-0.4, -0.2) is 9.97 Å².